The smallest absolute Gasteiger partial charge is 0.112 e. The Morgan fingerprint density at radius 3 is 1.33 bits per heavy atom. The normalized spacial score (nSPS) is 17.4. The van der Waals surface area contributed by atoms with Crippen molar-refractivity contribution in [2.24, 2.45) is 0 Å². The van der Waals surface area contributed by atoms with Crippen LogP contribution in [0, 0.1) is 20.5 Å². The summed E-state index contributed by atoms with van der Waals surface area (Å²) in [6.07, 6.45) is 10.8. The second-order valence-electron chi connectivity index (χ2n) is 26.0. The van der Waals surface area contributed by atoms with Crippen LogP contribution in [0.15, 0.2) is 212 Å². The molecule has 9 aromatic carbocycles. The second kappa shape index (κ2) is 26.6. The van der Waals surface area contributed by atoms with Crippen LogP contribution in [0.5, 0.6) is 0 Å². The summed E-state index contributed by atoms with van der Waals surface area (Å²) in [6, 6.07) is 62.3. The number of fused-ring (bicyclic) bond motifs is 12. The van der Waals surface area contributed by atoms with Crippen molar-refractivity contribution in [3.05, 3.63) is 234 Å². The zero-order valence-electron chi connectivity index (χ0n) is 56.0. The molecule has 0 atom stereocenters. The largest absolute Gasteiger partial charge is 0.222 e. The molecule has 0 unspecified atom stereocenters. The minimum Gasteiger partial charge on any atom is -0.222 e. The molecule has 0 spiro atoms. The molecule has 1 amide bonds. The summed E-state index contributed by atoms with van der Waals surface area (Å²) in [5.41, 5.74) is 16.8. The number of carbonyl (C=O) groups is 1. The van der Waals surface area contributed by atoms with Gasteiger partial charge in [-0.15, -0.1) is 20.5 Å². The van der Waals surface area contributed by atoms with Gasteiger partial charge in [0.25, 0.3) is 0 Å². The van der Waals surface area contributed by atoms with Crippen molar-refractivity contribution < 1.29 is 101 Å². The van der Waals surface area contributed by atoms with Crippen LogP contribution in [0.1, 0.15) is 91.5 Å². The number of nitrogens with zero attached hydrogens (tertiary/aromatic N) is 5. The Morgan fingerprint density at radius 2 is 0.856 bits per heavy atom. The number of rotatable bonds is 5. The van der Waals surface area contributed by atoms with E-state index in [4.69, 9.17) is 37.3 Å². The maximum absolute atomic E-state index is 12.2. The van der Waals surface area contributed by atoms with E-state index < -0.39 is 28.3 Å². The fourth-order valence-corrected chi connectivity index (χ4v) is 13.7. The summed E-state index contributed by atoms with van der Waals surface area (Å²) in [5.74, 6) is -0.00975. The number of carbonyl (C=O) groups excluding carboxylic acids is 1. The van der Waals surface area contributed by atoms with Gasteiger partial charge in [-0.25, -0.2) is 41.8 Å². The molecule has 23 heteroatoms. The summed E-state index contributed by atoms with van der Waals surface area (Å²) >= 11 is 0. The Bertz CT molecular complexity index is 4720. The molecule has 9 aromatic rings. The standard InChI is InChI=1S/C33H33N2.C25H25N2O.C16H18N.2ClHO4.F6P/c1-32(2)26-20-18-23-13-8-10-15-25(23)31(26)35(6)28(32)16-11-17-29-33(3,4)30-24-14-9-7-12-22(24)19-21-27(30)34(29)5;1-18(28)27(20-11-6-5-7-12-20)17-16-23-25(2,3)24-21-13-9-8-10-19(21)14-15-22(24)26(23)4;1-11-16(2,3)14-10-9-12-7-5-6-8-13(12)15(14)17(11)4;2*2-1(3,4)5;1-7(2,3,4,5)6/h7-21H,1-6H3;5-17H,1-4H3;5-10H,1-4H3;2*(H,2,3,4,5);/q3*+1;;;-1/p-2. The van der Waals surface area contributed by atoms with Gasteiger partial charge in [0.05, 0.1) is 27.0 Å². The van der Waals surface area contributed by atoms with Crippen LogP contribution >= 0.6 is 7.81 Å². The molecule has 512 valence electrons. The van der Waals surface area contributed by atoms with Crippen LogP contribution in [0.2, 0.25) is 0 Å². The van der Waals surface area contributed by atoms with Crippen molar-refractivity contribution in [1.29, 1.82) is 0 Å². The molecule has 0 N–H and O–H groups in total. The Labute approximate surface area is 564 Å². The van der Waals surface area contributed by atoms with E-state index in [1.54, 1.807) is 11.8 Å². The summed E-state index contributed by atoms with van der Waals surface area (Å²) in [5, 5.41) is 10.5. The van der Waals surface area contributed by atoms with Crippen molar-refractivity contribution in [3.8, 4) is 0 Å². The molecule has 0 saturated carbocycles. The van der Waals surface area contributed by atoms with Gasteiger partial charge < -0.3 is 4.90 Å². The third-order valence-corrected chi connectivity index (χ3v) is 18.3. The number of amides is 1. The molecule has 4 aliphatic rings. The predicted octanol–water partition coefficient (Wildman–Crippen LogP) is 11.0. The third-order valence-electron chi connectivity index (χ3n) is 18.3. The maximum atomic E-state index is 12.2. The van der Waals surface area contributed by atoms with Crippen molar-refractivity contribution in [1.82, 2.24) is 0 Å². The van der Waals surface area contributed by atoms with Gasteiger partial charge in [-0.2, -0.15) is 9.15 Å². The summed E-state index contributed by atoms with van der Waals surface area (Å²) in [7, 11) is -11.9. The van der Waals surface area contributed by atoms with Gasteiger partial charge in [-0.05, 0) is 122 Å². The molecule has 14 nitrogen and oxygen atoms in total. The summed E-state index contributed by atoms with van der Waals surface area (Å²) < 4.78 is 134. The Kier molecular flexibility index (Phi) is 20.4. The monoisotopic (exact) mass is 1390 g/mol. The number of anilines is 2. The number of benzene rings is 9. The molecule has 0 aromatic heterocycles. The number of hydrogen-bond donors (Lipinski definition) is 0. The fraction of sp³-hybridized carbons (Fsp3) is 0.243. The van der Waals surface area contributed by atoms with E-state index in [-0.39, 0.29) is 27.6 Å². The predicted molar refractivity (Wildman–Crippen MR) is 354 cm³/mol. The third kappa shape index (κ3) is 17.0. The van der Waals surface area contributed by atoms with E-state index in [0.29, 0.717) is 0 Å². The molecular formula is C74H76Cl2F6N5O9P. The fourth-order valence-electron chi connectivity index (χ4n) is 13.7. The Balaban J connectivity index is 0.000000172. The molecule has 0 aliphatic carbocycles. The van der Waals surface area contributed by atoms with Crippen LogP contribution < -0.4 is 47.1 Å². The molecule has 0 radical (unpaired) electrons. The second-order valence-corrected chi connectivity index (χ2v) is 29.4. The van der Waals surface area contributed by atoms with E-state index in [0.717, 1.165) is 5.69 Å². The molecule has 0 fully saturated rings. The van der Waals surface area contributed by atoms with E-state index in [1.807, 2.05) is 36.5 Å². The Hall–Kier alpha value is -8.21. The van der Waals surface area contributed by atoms with E-state index >= 15 is 0 Å². The average molecular weight is 1400 g/mol. The van der Waals surface area contributed by atoms with Crippen LogP contribution in [-0.4, -0.2) is 65.0 Å². The van der Waals surface area contributed by atoms with Gasteiger partial charge >= 0.3 is 33.0 Å². The first-order chi connectivity index (χ1) is 44.6. The van der Waals surface area contributed by atoms with Crippen LogP contribution in [-0.2, 0) is 26.5 Å². The molecule has 4 aliphatic heterocycles. The quantitative estimate of drug-likeness (QED) is 0.0902. The molecule has 0 saturated heterocycles. The minimum absolute atomic E-state index is 0.00975. The van der Waals surface area contributed by atoms with Crippen LogP contribution in [0.4, 0.5) is 53.6 Å². The first-order valence-corrected chi connectivity index (χ1v) is 35.0. The van der Waals surface area contributed by atoms with Crippen LogP contribution in [0.25, 0.3) is 43.1 Å². The maximum Gasteiger partial charge on any atom is -0.112 e. The minimum atomic E-state index is -10.7. The number of halogens is 8. The van der Waals surface area contributed by atoms with Crippen molar-refractivity contribution in [2.75, 3.05) is 38.0 Å². The van der Waals surface area contributed by atoms with Gasteiger partial charge in [0.15, 0.2) is 17.1 Å². The molecule has 97 heavy (non-hydrogen) atoms. The molecular weight excluding hydrogens is 1320 g/mol. The zero-order valence-corrected chi connectivity index (χ0v) is 58.4. The van der Waals surface area contributed by atoms with Gasteiger partial charge in [0.2, 0.25) is 23.0 Å². The van der Waals surface area contributed by atoms with Crippen molar-refractivity contribution in [2.45, 2.75) is 90.9 Å². The number of para-hydroxylation sites is 1. The van der Waals surface area contributed by atoms with Gasteiger partial charge in [0, 0.05) is 84.5 Å². The van der Waals surface area contributed by atoms with Gasteiger partial charge in [-0.1, -0.05) is 153 Å². The van der Waals surface area contributed by atoms with E-state index in [1.165, 1.54) is 111 Å². The zero-order chi connectivity index (χ0) is 72.0. The van der Waals surface area contributed by atoms with Gasteiger partial charge in [0.1, 0.15) is 21.1 Å². The molecule has 4 heterocycles. The Morgan fingerprint density at radius 1 is 0.474 bits per heavy atom. The van der Waals surface area contributed by atoms with E-state index in [9.17, 15) is 30.0 Å². The van der Waals surface area contributed by atoms with E-state index in [2.05, 4.69) is 279 Å². The summed E-state index contributed by atoms with van der Waals surface area (Å²) in [4.78, 5) is 16.3. The average Bonchev–Trinajstić information content (AvgIpc) is 1.63. The summed E-state index contributed by atoms with van der Waals surface area (Å²) in [6.45, 7) is 22.3. The first kappa shape index (κ1) is 74.6. The number of likely N-dealkylation sites (N-methyl/N-ethyl adjacent to an activating group) is 1. The van der Waals surface area contributed by atoms with Gasteiger partial charge in [-0.3, -0.25) is 9.69 Å². The SMILES string of the molecule is CC(=O)N(C=CC1=[N+](C)c2ccc3ccccc3c2C1(C)C)c1ccccc1.CC1=[N+](C)c2c(ccc3ccccc23)C1(C)C.CN1C(=CC=CC2=[N+](C)c3c(ccc4ccccc34)C2(C)C)C(C)(C)c2c1ccc1ccccc21.F[P-](F)(F)(F)(F)F.[O-][Cl+3]([O-])([O-])[O-].[O-][Cl+3]([O-])([O-])[O-]. The van der Waals surface area contributed by atoms with Crippen molar-refractivity contribution >= 4 is 102 Å². The number of allylic oxidation sites excluding steroid dienone is 5. The topological polar surface area (TPSA) is 217 Å². The first-order valence-electron chi connectivity index (χ1n) is 30.5. The van der Waals surface area contributed by atoms with Crippen molar-refractivity contribution in [3.63, 3.8) is 0 Å². The molecule has 13 rings (SSSR count). The number of hydrogen-bond acceptors (Lipinski definition) is 10. The molecule has 0 bridgehead atoms. The van der Waals surface area contributed by atoms with Crippen LogP contribution in [0.3, 0.4) is 0 Å².